The van der Waals surface area contributed by atoms with Crippen molar-refractivity contribution in [3.8, 4) is 5.75 Å². The van der Waals surface area contributed by atoms with E-state index in [0.717, 1.165) is 21.7 Å². The number of hydrogen-bond acceptors (Lipinski definition) is 7. The molecule has 1 amide bonds. The molecule has 0 radical (unpaired) electrons. The van der Waals surface area contributed by atoms with E-state index >= 15 is 0 Å². The lowest BCUT2D eigenvalue weighted by Crippen LogP contribution is -2.39. The summed E-state index contributed by atoms with van der Waals surface area (Å²) in [4.78, 5) is 22.7. The molecule has 0 heterocycles. The number of hydrazone groups is 1. The van der Waals surface area contributed by atoms with Crippen molar-refractivity contribution in [1.82, 2.24) is 5.43 Å². The van der Waals surface area contributed by atoms with E-state index in [1.165, 1.54) is 18.3 Å². The second-order valence-corrected chi connectivity index (χ2v) is 9.73. The number of aryl methyl sites for hydroxylation is 1. The topological polar surface area (TPSA) is 131 Å². The van der Waals surface area contributed by atoms with E-state index in [-0.39, 0.29) is 12.3 Å². The minimum absolute atomic E-state index is 0.0179. The summed E-state index contributed by atoms with van der Waals surface area (Å²) in [5, 5.41) is 14.6. The number of para-hydroxylation sites is 1. The van der Waals surface area contributed by atoms with Crippen molar-refractivity contribution < 1.29 is 22.9 Å². The third-order valence-electron chi connectivity index (χ3n) is 5.16. The summed E-state index contributed by atoms with van der Waals surface area (Å²) >= 11 is 0. The third-order valence-corrected chi connectivity index (χ3v) is 6.29. The van der Waals surface area contributed by atoms with Crippen molar-refractivity contribution in [2.45, 2.75) is 20.0 Å². The van der Waals surface area contributed by atoms with Gasteiger partial charge in [0.2, 0.25) is 10.0 Å². The number of anilines is 1. The molecule has 1 N–H and O–H groups in total. The minimum atomic E-state index is -3.68. The molecule has 10 nitrogen and oxygen atoms in total. The van der Waals surface area contributed by atoms with Crippen LogP contribution in [0.25, 0.3) is 0 Å². The lowest BCUT2D eigenvalue weighted by molar-refractivity contribution is -0.384. The molecule has 0 aliphatic heterocycles. The van der Waals surface area contributed by atoms with Crippen LogP contribution >= 0.6 is 0 Å². The number of benzene rings is 3. The third kappa shape index (κ3) is 7.37. The molecule has 0 aliphatic rings. The van der Waals surface area contributed by atoms with Crippen molar-refractivity contribution in [1.29, 1.82) is 0 Å². The number of rotatable bonds is 11. The smallest absolute Gasteiger partial charge is 0.269 e. The van der Waals surface area contributed by atoms with Crippen LogP contribution in [0.1, 0.15) is 23.6 Å². The summed E-state index contributed by atoms with van der Waals surface area (Å²) in [6.07, 6.45) is 3.11. The van der Waals surface area contributed by atoms with Crippen LogP contribution in [0.3, 0.4) is 0 Å². The Morgan fingerprint density at radius 1 is 1.08 bits per heavy atom. The first-order valence-electron chi connectivity index (χ1n) is 11.0. The molecule has 0 aromatic heterocycles. The van der Waals surface area contributed by atoms with Gasteiger partial charge in [-0.15, -0.1) is 0 Å². The first-order valence-corrected chi connectivity index (χ1v) is 12.9. The van der Waals surface area contributed by atoms with Gasteiger partial charge in [-0.2, -0.15) is 5.10 Å². The van der Waals surface area contributed by atoms with Crippen molar-refractivity contribution >= 4 is 33.5 Å². The predicted molar refractivity (Wildman–Crippen MR) is 138 cm³/mol. The molecule has 11 heteroatoms. The molecule has 0 atom stereocenters. The van der Waals surface area contributed by atoms with E-state index in [0.29, 0.717) is 23.4 Å². The fourth-order valence-corrected chi connectivity index (χ4v) is 4.20. The van der Waals surface area contributed by atoms with Gasteiger partial charge < -0.3 is 4.74 Å². The van der Waals surface area contributed by atoms with E-state index < -0.39 is 27.4 Å². The summed E-state index contributed by atoms with van der Waals surface area (Å²) < 4.78 is 31.4. The van der Waals surface area contributed by atoms with Crippen LogP contribution in [-0.4, -0.2) is 38.3 Å². The Morgan fingerprint density at radius 3 is 2.36 bits per heavy atom. The van der Waals surface area contributed by atoms with E-state index in [4.69, 9.17) is 4.74 Å². The largest absolute Gasteiger partial charge is 0.489 e. The average Bonchev–Trinajstić information content (AvgIpc) is 2.86. The van der Waals surface area contributed by atoms with Gasteiger partial charge in [-0.05, 0) is 65.6 Å². The molecule has 0 fully saturated rings. The van der Waals surface area contributed by atoms with Crippen LogP contribution < -0.4 is 14.5 Å². The highest BCUT2D eigenvalue weighted by atomic mass is 32.2. The van der Waals surface area contributed by atoms with Crippen molar-refractivity contribution in [3.05, 3.63) is 99.6 Å². The number of hydrogen-bond donors (Lipinski definition) is 1. The predicted octanol–water partition coefficient (Wildman–Crippen LogP) is 3.65. The average molecular weight is 511 g/mol. The van der Waals surface area contributed by atoms with Gasteiger partial charge in [0.05, 0.1) is 23.1 Å². The van der Waals surface area contributed by atoms with Crippen LogP contribution in [0, 0.1) is 10.1 Å². The van der Waals surface area contributed by atoms with Crippen LogP contribution in [0.5, 0.6) is 5.75 Å². The summed E-state index contributed by atoms with van der Waals surface area (Å²) in [6, 6.07) is 20.1. The second kappa shape index (κ2) is 11.9. The summed E-state index contributed by atoms with van der Waals surface area (Å²) in [5.74, 6) is 0.0126. The lowest BCUT2D eigenvalue weighted by atomic mass is 10.1. The monoisotopic (exact) mass is 510 g/mol. The molecule has 188 valence electrons. The fraction of sp³-hybridized carbons (Fsp3) is 0.200. The van der Waals surface area contributed by atoms with Gasteiger partial charge >= 0.3 is 0 Å². The van der Waals surface area contributed by atoms with Crippen LogP contribution in [0.15, 0.2) is 77.9 Å². The molecule has 0 spiro atoms. The number of nitro groups is 1. The van der Waals surface area contributed by atoms with E-state index in [9.17, 15) is 23.3 Å². The van der Waals surface area contributed by atoms with Crippen molar-refractivity contribution in [2.75, 3.05) is 17.1 Å². The standard InChI is InChI=1S/C25H26N4O6S/c1-3-21-6-4-5-7-24(21)28(36(2,33)34)17-25(30)27-26-16-19-10-14-23(15-11-19)35-18-20-8-12-22(13-9-20)29(31)32/h4-16H,3,17-18H2,1-2H3,(H,27,30)/b26-16-. The molecule has 3 aromatic rings. The first-order chi connectivity index (χ1) is 17.2. The Balaban J connectivity index is 1.55. The number of ether oxygens (including phenoxy) is 1. The molecule has 36 heavy (non-hydrogen) atoms. The zero-order chi connectivity index (χ0) is 26.1. The zero-order valence-electron chi connectivity index (χ0n) is 19.8. The number of sulfonamides is 1. The maximum absolute atomic E-state index is 12.4. The van der Waals surface area contributed by atoms with Gasteiger partial charge in [-0.3, -0.25) is 19.2 Å². The molecular weight excluding hydrogens is 484 g/mol. The zero-order valence-corrected chi connectivity index (χ0v) is 20.6. The first kappa shape index (κ1) is 26.4. The van der Waals surface area contributed by atoms with Gasteiger partial charge in [-0.25, -0.2) is 13.8 Å². The molecular formula is C25H26N4O6S. The molecule has 3 rings (SSSR count). The molecule has 3 aromatic carbocycles. The Hall–Kier alpha value is -4.25. The van der Waals surface area contributed by atoms with Crippen LogP contribution in [0.2, 0.25) is 0 Å². The SMILES string of the molecule is CCc1ccccc1N(CC(=O)N/N=C\c1ccc(OCc2ccc([N+](=O)[O-])cc2)cc1)S(C)(=O)=O. The lowest BCUT2D eigenvalue weighted by Gasteiger charge is -2.23. The number of non-ortho nitro benzene ring substituents is 1. The van der Waals surface area contributed by atoms with Crippen molar-refractivity contribution in [3.63, 3.8) is 0 Å². The van der Waals surface area contributed by atoms with Gasteiger partial charge in [0.1, 0.15) is 18.9 Å². The number of amides is 1. The number of nitro benzene ring substituents is 1. The van der Waals surface area contributed by atoms with Crippen LogP contribution in [-0.2, 0) is 27.8 Å². The Morgan fingerprint density at radius 2 is 1.75 bits per heavy atom. The Bertz CT molecular complexity index is 1340. The molecule has 0 aliphatic carbocycles. The normalized spacial score (nSPS) is 11.3. The van der Waals surface area contributed by atoms with E-state index in [2.05, 4.69) is 10.5 Å². The Kier molecular flexibility index (Phi) is 8.74. The summed E-state index contributed by atoms with van der Waals surface area (Å²) in [7, 11) is -3.68. The molecule has 0 saturated carbocycles. The number of carbonyl (C=O) groups excluding carboxylic acids is 1. The van der Waals surface area contributed by atoms with Gasteiger partial charge in [0, 0.05) is 12.1 Å². The quantitative estimate of drug-likeness (QED) is 0.238. The Labute approximate surface area is 209 Å². The highest BCUT2D eigenvalue weighted by Gasteiger charge is 2.22. The maximum Gasteiger partial charge on any atom is 0.269 e. The maximum atomic E-state index is 12.4. The number of nitrogens with zero attached hydrogens (tertiary/aromatic N) is 3. The second-order valence-electron chi connectivity index (χ2n) is 7.83. The van der Waals surface area contributed by atoms with Gasteiger partial charge in [0.25, 0.3) is 11.6 Å². The van der Waals surface area contributed by atoms with Crippen molar-refractivity contribution in [2.24, 2.45) is 5.10 Å². The number of nitrogens with one attached hydrogen (secondary N) is 1. The van der Waals surface area contributed by atoms with Gasteiger partial charge in [-0.1, -0.05) is 25.1 Å². The molecule has 0 saturated heterocycles. The summed E-state index contributed by atoms with van der Waals surface area (Å²) in [5.41, 5.74) is 5.14. The number of carbonyl (C=O) groups is 1. The highest BCUT2D eigenvalue weighted by Crippen LogP contribution is 2.23. The molecule has 0 bridgehead atoms. The van der Waals surface area contributed by atoms with Crippen LogP contribution in [0.4, 0.5) is 11.4 Å². The van der Waals surface area contributed by atoms with Gasteiger partial charge in [0.15, 0.2) is 0 Å². The molecule has 0 unspecified atom stereocenters. The highest BCUT2D eigenvalue weighted by molar-refractivity contribution is 7.92. The minimum Gasteiger partial charge on any atom is -0.489 e. The summed E-state index contributed by atoms with van der Waals surface area (Å²) in [6.45, 7) is 1.76. The van der Waals surface area contributed by atoms with E-state index in [1.54, 1.807) is 48.5 Å². The fourth-order valence-electron chi connectivity index (χ4n) is 3.31. The van der Waals surface area contributed by atoms with E-state index in [1.807, 2.05) is 19.1 Å².